The maximum atomic E-state index is 2.41. The molecule has 0 amide bonds. The van der Waals surface area contributed by atoms with E-state index in [0.717, 1.165) is 35.5 Å². The van der Waals surface area contributed by atoms with Crippen LogP contribution in [0, 0.1) is 35.5 Å². The second-order valence-electron chi connectivity index (χ2n) is 8.05. The molecule has 0 aromatic carbocycles. The van der Waals surface area contributed by atoms with Crippen LogP contribution in [0.4, 0.5) is 0 Å². The van der Waals surface area contributed by atoms with Gasteiger partial charge in [0.05, 0.1) is 0 Å². The molecule has 4 atom stereocenters. The van der Waals surface area contributed by atoms with Crippen molar-refractivity contribution in [2.75, 3.05) is 0 Å². The third kappa shape index (κ3) is 3.75. The molecule has 0 bridgehead atoms. The van der Waals surface area contributed by atoms with Gasteiger partial charge in [0.25, 0.3) is 0 Å². The van der Waals surface area contributed by atoms with E-state index in [0.29, 0.717) is 0 Å². The third-order valence-electron chi connectivity index (χ3n) is 5.48. The number of rotatable bonds is 5. The Labute approximate surface area is 115 Å². The molecular weight excluding hydrogens is 216 g/mol. The molecule has 0 N–H and O–H groups in total. The van der Waals surface area contributed by atoms with Crippen molar-refractivity contribution in [1.82, 2.24) is 0 Å². The average molecular weight is 250 g/mol. The summed E-state index contributed by atoms with van der Waals surface area (Å²) in [7, 11) is 0. The van der Waals surface area contributed by atoms with Gasteiger partial charge in [-0.15, -0.1) is 0 Å². The van der Waals surface area contributed by atoms with E-state index in [1.165, 1.54) is 32.1 Å². The fourth-order valence-corrected chi connectivity index (χ4v) is 4.97. The molecule has 0 aromatic heterocycles. The first-order chi connectivity index (χ1) is 8.56. The van der Waals surface area contributed by atoms with Gasteiger partial charge in [0.2, 0.25) is 0 Å². The van der Waals surface area contributed by atoms with Gasteiger partial charge in [0.1, 0.15) is 0 Å². The number of hydrogen-bond donors (Lipinski definition) is 0. The van der Waals surface area contributed by atoms with Crippen LogP contribution in [0.5, 0.6) is 0 Å². The Morgan fingerprint density at radius 1 is 0.833 bits per heavy atom. The maximum Gasteiger partial charge on any atom is -0.0357 e. The van der Waals surface area contributed by atoms with Crippen molar-refractivity contribution in [3.05, 3.63) is 0 Å². The van der Waals surface area contributed by atoms with Crippen molar-refractivity contribution in [2.24, 2.45) is 35.5 Å². The second-order valence-corrected chi connectivity index (χ2v) is 8.05. The topological polar surface area (TPSA) is 0 Å². The monoisotopic (exact) mass is 250 g/mol. The summed E-state index contributed by atoms with van der Waals surface area (Å²) < 4.78 is 0. The van der Waals surface area contributed by atoms with E-state index in [1.807, 2.05) is 0 Å². The Bertz CT molecular complexity index is 240. The van der Waals surface area contributed by atoms with Gasteiger partial charge in [-0.3, -0.25) is 0 Å². The maximum absolute atomic E-state index is 2.41. The quantitative estimate of drug-likeness (QED) is 0.569. The van der Waals surface area contributed by atoms with Crippen molar-refractivity contribution in [2.45, 2.75) is 79.1 Å². The zero-order chi connectivity index (χ0) is 13.1. The molecule has 0 radical (unpaired) electrons. The zero-order valence-corrected chi connectivity index (χ0v) is 13.1. The van der Waals surface area contributed by atoms with E-state index in [2.05, 4.69) is 27.7 Å². The predicted molar refractivity (Wildman–Crippen MR) is 80.6 cm³/mol. The zero-order valence-electron chi connectivity index (χ0n) is 13.1. The summed E-state index contributed by atoms with van der Waals surface area (Å²) in [4.78, 5) is 0. The van der Waals surface area contributed by atoms with Crippen molar-refractivity contribution in [1.29, 1.82) is 0 Å². The summed E-state index contributed by atoms with van der Waals surface area (Å²) in [5.74, 6) is 6.15. The first kappa shape index (κ1) is 14.4. The molecular formula is C18H34. The smallest absolute Gasteiger partial charge is 0.0357 e. The lowest BCUT2D eigenvalue weighted by molar-refractivity contribution is 0.227. The summed E-state index contributed by atoms with van der Waals surface area (Å²) in [5.41, 5.74) is 0. The van der Waals surface area contributed by atoms with Crippen LogP contribution in [-0.2, 0) is 0 Å². The van der Waals surface area contributed by atoms with Gasteiger partial charge in [-0.25, -0.2) is 0 Å². The highest BCUT2D eigenvalue weighted by molar-refractivity contribution is 4.88. The van der Waals surface area contributed by atoms with E-state index in [-0.39, 0.29) is 0 Å². The molecule has 2 rings (SSSR count). The van der Waals surface area contributed by atoms with E-state index in [4.69, 9.17) is 0 Å². The highest BCUT2D eigenvalue weighted by Gasteiger charge is 2.37. The van der Waals surface area contributed by atoms with Gasteiger partial charge in [-0.05, 0) is 67.6 Å². The minimum atomic E-state index is 0.906. The summed E-state index contributed by atoms with van der Waals surface area (Å²) in [5, 5.41) is 0. The molecule has 0 heterocycles. The first-order valence-electron chi connectivity index (χ1n) is 8.56. The normalized spacial score (nSPS) is 37.0. The lowest BCUT2D eigenvalue weighted by Crippen LogP contribution is -2.18. The molecule has 0 nitrogen and oxygen atoms in total. The standard InChI is InChI=1S/C18H34/c1-13(2)10-15-8-9-17(12-15)18-7-5-6-16(18)11-14(3)4/h13-18H,5-12H2,1-4H3. The van der Waals surface area contributed by atoms with Crippen LogP contribution in [0.15, 0.2) is 0 Å². The third-order valence-corrected chi connectivity index (χ3v) is 5.48. The largest absolute Gasteiger partial charge is 0.0628 e. The van der Waals surface area contributed by atoms with Gasteiger partial charge in [-0.2, -0.15) is 0 Å². The van der Waals surface area contributed by atoms with Gasteiger partial charge in [-0.1, -0.05) is 47.0 Å². The second kappa shape index (κ2) is 6.44. The molecule has 2 saturated carbocycles. The van der Waals surface area contributed by atoms with Crippen molar-refractivity contribution >= 4 is 0 Å². The van der Waals surface area contributed by atoms with Crippen LogP contribution in [0.3, 0.4) is 0 Å². The van der Waals surface area contributed by atoms with Crippen molar-refractivity contribution < 1.29 is 0 Å². The molecule has 0 aliphatic heterocycles. The Morgan fingerprint density at radius 2 is 1.56 bits per heavy atom. The highest BCUT2D eigenvalue weighted by Crippen LogP contribution is 2.48. The van der Waals surface area contributed by atoms with Gasteiger partial charge in [0.15, 0.2) is 0 Å². The molecule has 0 spiro atoms. The van der Waals surface area contributed by atoms with E-state index < -0.39 is 0 Å². The van der Waals surface area contributed by atoms with Crippen LogP contribution in [0.1, 0.15) is 79.1 Å². The minimum absolute atomic E-state index is 0.906. The van der Waals surface area contributed by atoms with Crippen molar-refractivity contribution in [3.8, 4) is 0 Å². The lowest BCUT2D eigenvalue weighted by atomic mass is 9.78. The SMILES string of the molecule is CC(C)CC1CCC(C2CCCC2CC(C)C)C1. The molecule has 4 unspecified atom stereocenters. The summed E-state index contributed by atoms with van der Waals surface area (Å²) in [6.45, 7) is 9.60. The van der Waals surface area contributed by atoms with Crippen molar-refractivity contribution in [3.63, 3.8) is 0 Å². The van der Waals surface area contributed by atoms with Gasteiger partial charge >= 0.3 is 0 Å². The fraction of sp³-hybridized carbons (Fsp3) is 1.00. The molecule has 0 aromatic rings. The molecule has 18 heavy (non-hydrogen) atoms. The Kier molecular flexibility index (Phi) is 5.15. The highest BCUT2D eigenvalue weighted by atomic mass is 14.4. The van der Waals surface area contributed by atoms with Crippen LogP contribution in [0.2, 0.25) is 0 Å². The Hall–Kier alpha value is 0. The molecule has 2 fully saturated rings. The lowest BCUT2D eigenvalue weighted by Gasteiger charge is -2.27. The fourth-order valence-electron chi connectivity index (χ4n) is 4.97. The average Bonchev–Trinajstić information content (AvgIpc) is 2.85. The molecule has 0 heteroatoms. The van der Waals surface area contributed by atoms with E-state index >= 15 is 0 Å². The summed E-state index contributed by atoms with van der Waals surface area (Å²) in [6, 6.07) is 0. The predicted octanol–water partition coefficient (Wildman–Crippen LogP) is 5.91. The summed E-state index contributed by atoms with van der Waals surface area (Å²) in [6.07, 6.45) is 12.2. The Balaban J connectivity index is 1.84. The molecule has 2 aliphatic carbocycles. The molecule has 2 aliphatic rings. The van der Waals surface area contributed by atoms with Crippen LogP contribution >= 0.6 is 0 Å². The first-order valence-corrected chi connectivity index (χ1v) is 8.56. The van der Waals surface area contributed by atoms with E-state index in [9.17, 15) is 0 Å². The van der Waals surface area contributed by atoms with Gasteiger partial charge < -0.3 is 0 Å². The van der Waals surface area contributed by atoms with Crippen LogP contribution < -0.4 is 0 Å². The summed E-state index contributed by atoms with van der Waals surface area (Å²) >= 11 is 0. The molecule has 0 saturated heterocycles. The van der Waals surface area contributed by atoms with Crippen LogP contribution in [0.25, 0.3) is 0 Å². The van der Waals surface area contributed by atoms with Crippen LogP contribution in [-0.4, -0.2) is 0 Å². The molecule has 106 valence electrons. The number of hydrogen-bond acceptors (Lipinski definition) is 0. The Morgan fingerprint density at radius 3 is 2.22 bits per heavy atom. The minimum Gasteiger partial charge on any atom is -0.0628 e. The van der Waals surface area contributed by atoms with E-state index in [1.54, 1.807) is 19.3 Å². The van der Waals surface area contributed by atoms with Gasteiger partial charge in [0, 0.05) is 0 Å².